The molecule has 0 aromatic heterocycles. The van der Waals surface area contributed by atoms with E-state index in [1.54, 1.807) is 18.2 Å². The highest BCUT2D eigenvalue weighted by Crippen LogP contribution is 2.27. The molecule has 1 aromatic carbocycles. The fraction of sp³-hybridized carbons (Fsp3) is 0.500. The minimum atomic E-state index is -0.725. The molecule has 1 atom stereocenters. The number of imide groups is 1. The molecule has 2 fully saturated rings. The van der Waals surface area contributed by atoms with Gasteiger partial charge in [-0.3, -0.25) is 24.5 Å². The number of rotatable bonds is 5. The number of piperidine rings is 1. The van der Waals surface area contributed by atoms with Crippen LogP contribution < -0.4 is 10.6 Å². The molecule has 1 aliphatic heterocycles. The van der Waals surface area contributed by atoms with E-state index < -0.39 is 17.9 Å². The molecule has 144 valence electrons. The molecule has 0 spiro atoms. The SMILES string of the molecule is CN(C(=O)c1c(C=O)cccc1NC1CCCCC1)C1CCC(=O)NC1=O. The number of carbonyl (C=O) groups is 4. The van der Waals surface area contributed by atoms with Gasteiger partial charge < -0.3 is 10.2 Å². The smallest absolute Gasteiger partial charge is 0.257 e. The highest BCUT2D eigenvalue weighted by molar-refractivity contribution is 6.08. The molecule has 1 aliphatic carbocycles. The van der Waals surface area contributed by atoms with E-state index in [4.69, 9.17) is 0 Å². The van der Waals surface area contributed by atoms with Crippen LogP contribution in [0.15, 0.2) is 18.2 Å². The lowest BCUT2D eigenvalue weighted by molar-refractivity contribution is -0.136. The van der Waals surface area contributed by atoms with Gasteiger partial charge in [0.15, 0.2) is 6.29 Å². The Bertz CT molecular complexity index is 756. The highest BCUT2D eigenvalue weighted by atomic mass is 16.2. The third-order valence-electron chi connectivity index (χ3n) is 5.40. The molecular formula is C20H25N3O4. The third-order valence-corrected chi connectivity index (χ3v) is 5.40. The predicted molar refractivity (Wildman–Crippen MR) is 101 cm³/mol. The van der Waals surface area contributed by atoms with Crippen LogP contribution in [-0.4, -0.2) is 48.0 Å². The van der Waals surface area contributed by atoms with Gasteiger partial charge >= 0.3 is 0 Å². The van der Waals surface area contributed by atoms with Crippen LogP contribution in [0.25, 0.3) is 0 Å². The molecule has 1 unspecified atom stereocenters. The third kappa shape index (κ3) is 4.18. The molecule has 7 nitrogen and oxygen atoms in total. The molecule has 2 N–H and O–H groups in total. The zero-order valence-electron chi connectivity index (χ0n) is 15.5. The van der Waals surface area contributed by atoms with Crippen molar-refractivity contribution in [3.8, 4) is 0 Å². The van der Waals surface area contributed by atoms with E-state index in [2.05, 4.69) is 10.6 Å². The first-order valence-electron chi connectivity index (χ1n) is 9.47. The van der Waals surface area contributed by atoms with E-state index >= 15 is 0 Å². The van der Waals surface area contributed by atoms with Crippen LogP contribution >= 0.6 is 0 Å². The number of aldehydes is 1. The molecule has 0 bridgehead atoms. The van der Waals surface area contributed by atoms with Gasteiger partial charge in [0, 0.05) is 30.8 Å². The molecule has 2 aliphatic rings. The average molecular weight is 371 g/mol. The first-order chi connectivity index (χ1) is 13.0. The number of benzene rings is 1. The topological polar surface area (TPSA) is 95.6 Å². The van der Waals surface area contributed by atoms with Crippen molar-refractivity contribution < 1.29 is 19.2 Å². The van der Waals surface area contributed by atoms with Gasteiger partial charge in [0.2, 0.25) is 11.8 Å². The second-order valence-corrected chi connectivity index (χ2v) is 7.25. The van der Waals surface area contributed by atoms with Gasteiger partial charge in [0.1, 0.15) is 6.04 Å². The summed E-state index contributed by atoms with van der Waals surface area (Å²) in [5.74, 6) is -1.21. The lowest BCUT2D eigenvalue weighted by atomic mass is 9.94. The Hall–Kier alpha value is -2.70. The number of carbonyl (C=O) groups excluding carboxylic acids is 4. The highest BCUT2D eigenvalue weighted by Gasteiger charge is 2.34. The van der Waals surface area contributed by atoms with Gasteiger partial charge in [-0.2, -0.15) is 0 Å². The molecule has 27 heavy (non-hydrogen) atoms. The average Bonchev–Trinajstić information content (AvgIpc) is 2.67. The van der Waals surface area contributed by atoms with Crippen molar-refractivity contribution in [1.29, 1.82) is 0 Å². The van der Waals surface area contributed by atoms with Crippen molar-refractivity contribution in [2.75, 3.05) is 12.4 Å². The molecule has 7 heteroatoms. The number of nitrogens with one attached hydrogen (secondary N) is 2. The molecule has 1 aromatic rings. The lowest BCUT2D eigenvalue weighted by Gasteiger charge is -2.31. The maximum absolute atomic E-state index is 13.2. The van der Waals surface area contributed by atoms with E-state index in [1.807, 2.05) is 0 Å². The first kappa shape index (κ1) is 19.1. The molecular weight excluding hydrogens is 346 g/mol. The van der Waals surface area contributed by atoms with Crippen molar-refractivity contribution >= 4 is 29.7 Å². The zero-order chi connectivity index (χ0) is 19.4. The van der Waals surface area contributed by atoms with Crippen LogP contribution in [0.2, 0.25) is 0 Å². The first-order valence-corrected chi connectivity index (χ1v) is 9.47. The van der Waals surface area contributed by atoms with Gasteiger partial charge in [-0.15, -0.1) is 0 Å². The second kappa shape index (κ2) is 8.33. The Kier molecular flexibility index (Phi) is 5.88. The Morgan fingerprint density at radius 2 is 1.93 bits per heavy atom. The molecule has 1 heterocycles. The minimum absolute atomic E-state index is 0.191. The van der Waals surface area contributed by atoms with Gasteiger partial charge in [-0.25, -0.2) is 0 Å². The Balaban J connectivity index is 1.86. The van der Waals surface area contributed by atoms with E-state index in [0.717, 1.165) is 25.7 Å². The second-order valence-electron chi connectivity index (χ2n) is 7.25. The number of hydrogen-bond donors (Lipinski definition) is 2. The summed E-state index contributed by atoms with van der Waals surface area (Å²) in [6, 6.07) is 4.70. The normalized spacial score (nSPS) is 20.7. The largest absolute Gasteiger partial charge is 0.382 e. The van der Waals surface area contributed by atoms with Gasteiger partial charge in [-0.05, 0) is 25.3 Å². The van der Waals surface area contributed by atoms with Gasteiger partial charge in [-0.1, -0.05) is 31.4 Å². The Labute approximate surface area is 158 Å². The van der Waals surface area contributed by atoms with Crippen molar-refractivity contribution in [3.05, 3.63) is 29.3 Å². The van der Waals surface area contributed by atoms with E-state index in [9.17, 15) is 19.2 Å². The molecule has 1 saturated heterocycles. The molecule has 3 amide bonds. The Morgan fingerprint density at radius 1 is 1.19 bits per heavy atom. The van der Waals surface area contributed by atoms with E-state index in [0.29, 0.717) is 17.5 Å². The number of likely N-dealkylation sites (N-methyl/N-ethyl adjacent to an activating group) is 1. The van der Waals surface area contributed by atoms with Crippen LogP contribution in [-0.2, 0) is 9.59 Å². The standard InChI is InChI=1S/C20H25N3O4/c1-23(16-10-11-17(25)22-19(16)26)20(27)18-13(12-24)6-5-9-15(18)21-14-7-3-2-4-8-14/h5-6,9,12,14,16,21H,2-4,7-8,10-11H2,1H3,(H,22,25,26). The maximum atomic E-state index is 13.2. The van der Waals surface area contributed by atoms with Crippen molar-refractivity contribution in [1.82, 2.24) is 10.2 Å². The summed E-state index contributed by atoms with van der Waals surface area (Å²) < 4.78 is 0. The maximum Gasteiger partial charge on any atom is 0.257 e. The molecule has 3 rings (SSSR count). The quantitative estimate of drug-likeness (QED) is 0.611. The summed E-state index contributed by atoms with van der Waals surface area (Å²) in [5.41, 5.74) is 1.20. The number of amides is 3. The summed E-state index contributed by atoms with van der Waals surface area (Å²) >= 11 is 0. The number of nitrogens with zero attached hydrogens (tertiary/aromatic N) is 1. The molecule has 0 radical (unpaired) electrons. The fourth-order valence-corrected chi connectivity index (χ4v) is 3.86. The monoisotopic (exact) mass is 371 g/mol. The van der Waals surface area contributed by atoms with Crippen molar-refractivity contribution in [2.45, 2.75) is 57.0 Å². The van der Waals surface area contributed by atoms with Crippen LogP contribution in [0.3, 0.4) is 0 Å². The summed E-state index contributed by atoms with van der Waals surface area (Å²) in [4.78, 5) is 49.6. The molecule has 1 saturated carbocycles. The summed E-state index contributed by atoms with van der Waals surface area (Å²) in [5, 5.41) is 5.69. The lowest BCUT2D eigenvalue weighted by Crippen LogP contribution is -2.53. The fourth-order valence-electron chi connectivity index (χ4n) is 3.86. The predicted octanol–water partition coefficient (Wildman–Crippen LogP) is 2.12. The van der Waals surface area contributed by atoms with E-state index in [-0.39, 0.29) is 30.4 Å². The van der Waals surface area contributed by atoms with Gasteiger partial charge in [0.05, 0.1) is 5.56 Å². The van der Waals surface area contributed by atoms with Crippen molar-refractivity contribution in [2.24, 2.45) is 0 Å². The van der Waals surface area contributed by atoms with E-state index in [1.165, 1.54) is 18.4 Å². The van der Waals surface area contributed by atoms with Gasteiger partial charge in [0.25, 0.3) is 5.91 Å². The van der Waals surface area contributed by atoms with Crippen LogP contribution in [0, 0.1) is 0 Å². The van der Waals surface area contributed by atoms with Crippen LogP contribution in [0.1, 0.15) is 65.7 Å². The summed E-state index contributed by atoms with van der Waals surface area (Å²) in [6.07, 6.45) is 6.70. The van der Waals surface area contributed by atoms with Crippen molar-refractivity contribution in [3.63, 3.8) is 0 Å². The summed E-state index contributed by atoms with van der Waals surface area (Å²) in [6.45, 7) is 0. The zero-order valence-corrected chi connectivity index (χ0v) is 15.5. The Morgan fingerprint density at radius 3 is 2.59 bits per heavy atom. The number of anilines is 1. The van der Waals surface area contributed by atoms with Crippen LogP contribution in [0.5, 0.6) is 0 Å². The van der Waals surface area contributed by atoms with Crippen LogP contribution in [0.4, 0.5) is 5.69 Å². The minimum Gasteiger partial charge on any atom is -0.382 e. The number of hydrogen-bond acceptors (Lipinski definition) is 5. The summed E-state index contributed by atoms with van der Waals surface area (Å²) in [7, 11) is 1.54.